The SMILES string of the molecule is O=C(O)c1cccc(C(=O)N2CCO[C@@H](c3ccccc3Cl)C2)n1. The topological polar surface area (TPSA) is 79.7 Å². The van der Waals surface area contributed by atoms with E-state index in [1.807, 2.05) is 18.2 Å². The monoisotopic (exact) mass is 346 g/mol. The van der Waals surface area contributed by atoms with Crippen LogP contribution in [0, 0.1) is 0 Å². The van der Waals surface area contributed by atoms with Crippen molar-refractivity contribution in [2.75, 3.05) is 19.7 Å². The number of aromatic carboxylic acids is 1. The average Bonchev–Trinajstić information content (AvgIpc) is 2.61. The van der Waals surface area contributed by atoms with E-state index in [0.29, 0.717) is 24.7 Å². The molecule has 1 aromatic carbocycles. The maximum absolute atomic E-state index is 12.6. The van der Waals surface area contributed by atoms with E-state index in [-0.39, 0.29) is 23.4 Å². The number of pyridine rings is 1. The number of halogens is 1. The van der Waals surface area contributed by atoms with E-state index < -0.39 is 5.97 Å². The van der Waals surface area contributed by atoms with Gasteiger partial charge in [0.05, 0.1) is 13.2 Å². The molecule has 24 heavy (non-hydrogen) atoms. The fourth-order valence-corrected chi connectivity index (χ4v) is 2.85. The summed E-state index contributed by atoms with van der Waals surface area (Å²) in [6.07, 6.45) is -0.320. The maximum Gasteiger partial charge on any atom is 0.354 e. The Hall–Kier alpha value is -2.44. The lowest BCUT2D eigenvalue weighted by Gasteiger charge is -2.33. The van der Waals surface area contributed by atoms with E-state index >= 15 is 0 Å². The zero-order valence-electron chi connectivity index (χ0n) is 12.7. The Bertz CT molecular complexity index is 781. The van der Waals surface area contributed by atoms with Crippen molar-refractivity contribution in [2.45, 2.75) is 6.10 Å². The number of ether oxygens (including phenoxy) is 1. The minimum Gasteiger partial charge on any atom is -0.477 e. The first-order valence-corrected chi connectivity index (χ1v) is 7.79. The van der Waals surface area contributed by atoms with Crippen LogP contribution in [-0.2, 0) is 4.74 Å². The highest BCUT2D eigenvalue weighted by Crippen LogP contribution is 2.28. The molecule has 1 amide bonds. The minimum absolute atomic E-state index is 0.106. The largest absolute Gasteiger partial charge is 0.477 e. The lowest BCUT2D eigenvalue weighted by atomic mass is 10.1. The number of hydrogen-bond acceptors (Lipinski definition) is 4. The van der Waals surface area contributed by atoms with Crippen molar-refractivity contribution in [1.82, 2.24) is 9.88 Å². The number of carbonyl (C=O) groups is 2. The summed E-state index contributed by atoms with van der Waals surface area (Å²) in [7, 11) is 0. The normalized spacial score (nSPS) is 17.5. The molecule has 0 aliphatic carbocycles. The third-order valence-corrected chi connectivity index (χ3v) is 4.14. The molecule has 2 heterocycles. The van der Waals surface area contributed by atoms with Gasteiger partial charge in [0.1, 0.15) is 17.5 Å². The van der Waals surface area contributed by atoms with Crippen molar-refractivity contribution in [3.63, 3.8) is 0 Å². The number of nitrogens with zero attached hydrogens (tertiary/aromatic N) is 2. The average molecular weight is 347 g/mol. The van der Waals surface area contributed by atoms with Crippen molar-refractivity contribution in [3.05, 3.63) is 64.4 Å². The molecule has 1 aliphatic heterocycles. The van der Waals surface area contributed by atoms with Crippen LogP contribution >= 0.6 is 11.6 Å². The standard InChI is InChI=1S/C17H15ClN2O4/c18-12-5-2-1-4-11(12)15-10-20(8-9-24-15)16(21)13-6-3-7-14(19-13)17(22)23/h1-7,15H,8-10H2,(H,22,23)/t15-/m1/s1. The minimum atomic E-state index is -1.17. The van der Waals surface area contributed by atoms with E-state index in [1.165, 1.54) is 18.2 Å². The van der Waals surface area contributed by atoms with E-state index in [2.05, 4.69) is 4.98 Å². The molecular formula is C17H15ClN2O4. The number of amides is 1. The number of rotatable bonds is 3. The third-order valence-electron chi connectivity index (χ3n) is 3.79. The summed E-state index contributed by atoms with van der Waals surface area (Å²) in [5.41, 5.74) is 0.774. The molecule has 0 bridgehead atoms. The van der Waals surface area contributed by atoms with Crippen LogP contribution in [0.15, 0.2) is 42.5 Å². The lowest BCUT2D eigenvalue weighted by molar-refractivity contribution is -0.0229. The summed E-state index contributed by atoms with van der Waals surface area (Å²) in [6.45, 7) is 1.13. The first kappa shape index (κ1) is 16.4. The second kappa shape index (κ2) is 6.98. The molecule has 1 saturated heterocycles. The summed E-state index contributed by atoms with van der Waals surface area (Å²) in [5, 5.41) is 9.59. The molecular weight excluding hydrogens is 332 g/mol. The molecule has 7 heteroatoms. The zero-order valence-corrected chi connectivity index (χ0v) is 13.4. The second-order valence-electron chi connectivity index (χ2n) is 5.35. The van der Waals surface area contributed by atoms with E-state index in [1.54, 1.807) is 11.0 Å². The van der Waals surface area contributed by atoms with Gasteiger partial charge in [-0.3, -0.25) is 4.79 Å². The number of carbonyl (C=O) groups excluding carboxylic acids is 1. The Labute approximate surface area is 143 Å². The van der Waals surface area contributed by atoms with Gasteiger partial charge in [-0.25, -0.2) is 9.78 Å². The number of hydrogen-bond donors (Lipinski definition) is 1. The van der Waals surface area contributed by atoms with Crippen LogP contribution in [0.5, 0.6) is 0 Å². The molecule has 124 valence electrons. The van der Waals surface area contributed by atoms with Crippen LogP contribution < -0.4 is 0 Å². The predicted molar refractivity (Wildman–Crippen MR) is 87.2 cm³/mol. The van der Waals surface area contributed by atoms with E-state index in [9.17, 15) is 9.59 Å². The van der Waals surface area contributed by atoms with Crippen molar-refractivity contribution in [1.29, 1.82) is 0 Å². The molecule has 0 radical (unpaired) electrons. The number of carboxylic acid groups (broad SMARTS) is 1. The molecule has 0 saturated carbocycles. The van der Waals surface area contributed by atoms with Gasteiger partial charge in [0, 0.05) is 17.1 Å². The molecule has 1 aliphatic rings. The van der Waals surface area contributed by atoms with Crippen LogP contribution in [0.3, 0.4) is 0 Å². The molecule has 0 unspecified atom stereocenters. The van der Waals surface area contributed by atoms with Gasteiger partial charge in [-0.05, 0) is 18.2 Å². The van der Waals surface area contributed by atoms with Crippen molar-refractivity contribution < 1.29 is 19.4 Å². The third kappa shape index (κ3) is 3.39. The summed E-state index contributed by atoms with van der Waals surface area (Å²) in [5.74, 6) is -1.49. The summed E-state index contributed by atoms with van der Waals surface area (Å²) in [4.78, 5) is 29.1. The maximum atomic E-state index is 12.6. The van der Waals surface area contributed by atoms with Gasteiger partial charge in [0.25, 0.3) is 5.91 Å². The van der Waals surface area contributed by atoms with Crippen LogP contribution in [-0.4, -0.2) is 46.6 Å². The Balaban J connectivity index is 1.79. The fraction of sp³-hybridized carbons (Fsp3) is 0.235. The summed E-state index contributed by atoms with van der Waals surface area (Å²) < 4.78 is 5.73. The Morgan fingerprint density at radius 1 is 1.17 bits per heavy atom. The fourth-order valence-electron chi connectivity index (χ4n) is 2.59. The number of benzene rings is 1. The van der Waals surface area contributed by atoms with Crippen molar-refractivity contribution in [3.8, 4) is 0 Å². The van der Waals surface area contributed by atoms with Crippen LogP contribution in [0.25, 0.3) is 0 Å². The highest BCUT2D eigenvalue weighted by atomic mass is 35.5. The van der Waals surface area contributed by atoms with Gasteiger partial charge >= 0.3 is 5.97 Å². The quantitative estimate of drug-likeness (QED) is 0.924. The molecule has 1 aromatic heterocycles. The number of aromatic nitrogens is 1. The molecule has 2 aromatic rings. The first-order chi connectivity index (χ1) is 11.6. The van der Waals surface area contributed by atoms with Gasteiger partial charge in [0.15, 0.2) is 0 Å². The highest BCUT2D eigenvalue weighted by Gasteiger charge is 2.28. The lowest BCUT2D eigenvalue weighted by Crippen LogP contribution is -2.42. The number of morpholine rings is 1. The van der Waals surface area contributed by atoms with Gasteiger partial charge in [0.2, 0.25) is 0 Å². The first-order valence-electron chi connectivity index (χ1n) is 7.42. The van der Waals surface area contributed by atoms with Gasteiger partial charge < -0.3 is 14.7 Å². The molecule has 1 N–H and O–H groups in total. The number of carboxylic acids is 1. The molecule has 1 atom stereocenters. The second-order valence-corrected chi connectivity index (χ2v) is 5.75. The summed E-state index contributed by atoms with van der Waals surface area (Å²) >= 11 is 6.20. The highest BCUT2D eigenvalue weighted by molar-refractivity contribution is 6.31. The Morgan fingerprint density at radius 3 is 2.67 bits per heavy atom. The van der Waals surface area contributed by atoms with Crippen LogP contribution in [0.4, 0.5) is 0 Å². The summed E-state index contributed by atoms with van der Waals surface area (Å²) in [6, 6.07) is 11.7. The van der Waals surface area contributed by atoms with Gasteiger partial charge in [-0.2, -0.15) is 0 Å². The predicted octanol–water partition coefficient (Wildman–Crippen LogP) is 2.65. The Morgan fingerprint density at radius 2 is 1.92 bits per heavy atom. The molecule has 0 spiro atoms. The van der Waals surface area contributed by atoms with Gasteiger partial charge in [-0.15, -0.1) is 0 Å². The van der Waals surface area contributed by atoms with Crippen molar-refractivity contribution >= 4 is 23.5 Å². The molecule has 1 fully saturated rings. The van der Waals surface area contributed by atoms with Crippen LogP contribution in [0.2, 0.25) is 5.02 Å². The smallest absolute Gasteiger partial charge is 0.354 e. The van der Waals surface area contributed by atoms with E-state index in [0.717, 1.165) is 5.56 Å². The zero-order chi connectivity index (χ0) is 17.1. The van der Waals surface area contributed by atoms with Crippen LogP contribution in [0.1, 0.15) is 32.6 Å². The molecule has 3 rings (SSSR count). The molecule has 6 nitrogen and oxygen atoms in total. The van der Waals surface area contributed by atoms with Gasteiger partial charge in [-0.1, -0.05) is 35.9 Å². The van der Waals surface area contributed by atoms with E-state index in [4.69, 9.17) is 21.4 Å². The Kier molecular flexibility index (Phi) is 4.78. The van der Waals surface area contributed by atoms with Crippen molar-refractivity contribution in [2.24, 2.45) is 0 Å².